The molecule has 0 fully saturated rings. The molecule has 3 nitrogen and oxygen atoms in total. The fraction of sp³-hybridized carbons (Fsp3) is 0.188. The number of nitriles is 1. The van der Waals surface area contributed by atoms with Crippen molar-refractivity contribution >= 4 is 0 Å². The third-order valence-electron chi connectivity index (χ3n) is 3.04. The molecule has 2 aromatic carbocycles. The van der Waals surface area contributed by atoms with Gasteiger partial charge < -0.3 is 9.47 Å². The normalized spacial score (nSPS) is 9.90. The molecule has 0 N–H and O–H groups in total. The first-order valence-electron chi connectivity index (χ1n) is 6.07. The minimum atomic E-state index is -0.333. The van der Waals surface area contributed by atoms with Crippen molar-refractivity contribution in [1.82, 2.24) is 0 Å². The van der Waals surface area contributed by atoms with E-state index in [9.17, 15) is 4.39 Å². The molecule has 0 spiro atoms. The van der Waals surface area contributed by atoms with Gasteiger partial charge in [0.2, 0.25) is 0 Å². The highest BCUT2D eigenvalue weighted by molar-refractivity contribution is 5.68. The summed E-state index contributed by atoms with van der Waals surface area (Å²) in [5, 5.41) is 8.76. The molecule has 0 radical (unpaired) electrons. The Morgan fingerprint density at radius 1 is 1.10 bits per heavy atom. The third-order valence-corrected chi connectivity index (χ3v) is 3.04. The first kappa shape index (κ1) is 13.9. The number of ether oxygens (including phenoxy) is 2. The fourth-order valence-electron chi connectivity index (χ4n) is 2.00. The summed E-state index contributed by atoms with van der Waals surface area (Å²) >= 11 is 0. The first-order chi connectivity index (χ1) is 9.69. The van der Waals surface area contributed by atoms with E-state index >= 15 is 0 Å². The molecule has 0 amide bonds. The van der Waals surface area contributed by atoms with Crippen LogP contribution < -0.4 is 9.47 Å². The highest BCUT2D eigenvalue weighted by atomic mass is 19.1. The lowest BCUT2D eigenvalue weighted by molar-refractivity contribution is 0.410. The van der Waals surface area contributed by atoms with E-state index in [0.29, 0.717) is 22.6 Å². The lowest BCUT2D eigenvalue weighted by atomic mass is 10.0. The van der Waals surface area contributed by atoms with Crippen molar-refractivity contribution in [2.45, 2.75) is 6.42 Å². The van der Waals surface area contributed by atoms with E-state index in [1.165, 1.54) is 20.3 Å². The van der Waals surface area contributed by atoms with Crippen molar-refractivity contribution in [2.75, 3.05) is 14.2 Å². The van der Waals surface area contributed by atoms with Crippen molar-refractivity contribution in [2.24, 2.45) is 0 Å². The predicted octanol–water partition coefficient (Wildman–Crippen LogP) is 3.58. The molecular weight excluding hydrogens is 257 g/mol. The highest BCUT2D eigenvalue weighted by Gasteiger charge is 2.10. The van der Waals surface area contributed by atoms with Gasteiger partial charge in [-0.25, -0.2) is 4.39 Å². The fourth-order valence-corrected chi connectivity index (χ4v) is 2.00. The Balaban J connectivity index is 2.51. The minimum Gasteiger partial charge on any atom is -0.497 e. The van der Waals surface area contributed by atoms with Crippen LogP contribution in [0, 0.1) is 17.1 Å². The van der Waals surface area contributed by atoms with Gasteiger partial charge in [-0.05, 0) is 29.8 Å². The zero-order valence-corrected chi connectivity index (χ0v) is 11.3. The average molecular weight is 271 g/mol. The summed E-state index contributed by atoms with van der Waals surface area (Å²) < 4.78 is 24.3. The van der Waals surface area contributed by atoms with Crippen molar-refractivity contribution in [3.8, 4) is 28.7 Å². The quantitative estimate of drug-likeness (QED) is 0.853. The molecule has 0 unspecified atom stereocenters. The van der Waals surface area contributed by atoms with Gasteiger partial charge in [0, 0.05) is 11.1 Å². The lowest BCUT2D eigenvalue weighted by Crippen LogP contribution is -1.93. The van der Waals surface area contributed by atoms with E-state index in [2.05, 4.69) is 6.07 Å². The van der Waals surface area contributed by atoms with Crippen molar-refractivity contribution in [3.63, 3.8) is 0 Å². The Kier molecular flexibility index (Phi) is 4.21. The predicted molar refractivity (Wildman–Crippen MR) is 74.3 cm³/mol. The Morgan fingerprint density at radius 3 is 2.55 bits per heavy atom. The van der Waals surface area contributed by atoms with E-state index in [4.69, 9.17) is 14.7 Å². The van der Waals surface area contributed by atoms with Crippen LogP contribution in [0.3, 0.4) is 0 Å². The van der Waals surface area contributed by atoms with Crippen molar-refractivity contribution in [1.29, 1.82) is 5.26 Å². The molecule has 4 heteroatoms. The molecule has 0 bridgehead atoms. The molecule has 20 heavy (non-hydrogen) atoms. The van der Waals surface area contributed by atoms with Crippen LogP contribution in [0.1, 0.15) is 5.56 Å². The molecule has 2 rings (SSSR count). The average Bonchev–Trinajstić information content (AvgIpc) is 2.48. The van der Waals surface area contributed by atoms with Crippen LogP contribution >= 0.6 is 0 Å². The standard InChI is InChI=1S/C16H14FNO2/c1-19-13-5-6-15(17)14(10-13)12-4-3-11(7-8-18)16(9-12)20-2/h3-6,9-10H,7H2,1-2H3. The monoisotopic (exact) mass is 271 g/mol. The number of hydrogen-bond donors (Lipinski definition) is 0. The largest absolute Gasteiger partial charge is 0.497 e. The van der Waals surface area contributed by atoms with Crippen LogP contribution in [0.15, 0.2) is 36.4 Å². The van der Waals surface area contributed by atoms with Crippen molar-refractivity contribution in [3.05, 3.63) is 47.8 Å². The third kappa shape index (κ3) is 2.72. The number of rotatable bonds is 4. The molecule has 102 valence electrons. The molecule has 0 atom stereocenters. The first-order valence-corrected chi connectivity index (χ1v) is 6.07. The van der Waals surface area contributed by atoms with Crippen LogP contribution in [-0.2, 0) is 6.42 Å². The second-order valence-corrected chi connectivity index (χ2v) is 4.21. The van der Waals surface area contributed by atoms with E-state index in [1.807, 2.05) is 0 Å². The van der Waals surface area contributed by atoms with E-state index < -0.39 is 0 Å². The molecule has 0 aromatic heterocycles. The summed E-state index contributed by atoms with van der Waals surface area (Å²) in [5.41, 5.74) is 1.90. The summed E-state index contributed by atoms with van der Waals surface area (Å²) in [6.07, 6.45) is 0.254. The van der Waals surface area contributed by atoms with Crippen LogP contribution in [0.25, 0.3) is 11.1 Å². The van der Waals surface area contributed by atoms with Crippen LogP contribution in [-0.4, -0.2) is 14.2 Å². The highest BCUT2D eigenvalue weighted by Crippen LogP contribution is 2.31. The van der Waals surface area contributed by atoms with Crippen molar-refractivity contribution < 1.29 is 13.9 Å². The smallest absolute Gasteiger partial charge is 0.131 e. The molecule has 0 aliphatic rings. The van der Waals surface area contributed by atoms with Gasteiger partial charge >= 0.3 is 0 Å². The molecule has 2 aromatic rings. The van der Waals surface area contributed by atoms with Crippen LogP contribution in [0.5, 0.6) is 11.5 Å². The Bertz CT molecular complexity index is 662. The van der Waals surface area contributed by atoms with Gasteiger partial charge in [0.15, 0.2) is 0 Å². The number of halogens is 1. The number of hydrogen-bond acceptors (Lipinski definition) is 3. The second kappa shape index (κ2) is 6.07. The number of nitrogens with zero attached hydrogens (tertiary/aromatic N) is 1. The Morgan fingerprint density at radius 2 is 1.90 bits per heavy atom. The molecular formula is C16H14FNO2. The summed E-state index contributed by atoms with van der Waals surface area (Å²) in [7, 11) is 3.07. The molecule has 0 saturated heterocycles. The lowest BCUT2D eigenvalue weighted by Gasteiger charge is -2.10. The summed E-state index contributed by atoms with van der Waals surface area (Å²) in [6, 6.07) is 11.9. The zero-order valence-electron chi connectivity index (χ0n) is 11.3. The van der Waals surface area contributed by atoms with Gasteiger partial charge in [0.05, 0.1) is 26.7 Å². The second-order valence-electron chi connectivity index (χ2n) is 4.21. The van der Waals surface area contributed by atoms with E-state index in [-0.39, 0.29) is 12.2 Å². The minimum absolute atomic E-state index is 0.254. The van der Waals surface area contributed by atoms with Gasteiger partial charge in [-0.3, -0.25) is 0 Å². The number of benzene rings is 2. The maximum Gasteiger partial charge on any atom is 0.131 e. The topological polar surface area (TPSA) is 42.2 Å². The molecule has 0 heterocycles. The molecule has 0 saturated carbocycles. The molecule has 0 aliphatic heterocycles. The summed E-state index contributed by atoms with van der Waals surface area (Å²) in [6.45, 7) is 0. The van der Waals surface area contributed by atoms with Gasteiger partial charge in [0.25, 0.3) is 0 Å². The van der Waals surface area contributed by atoms with Crippen LogP contribution in [0.4, 0.5) is 4.39 Å². The van der Waals surface area contributed by atoms with Gasteiger partial charge in [-0.2, -0.15) is 5.26 Å². The summed E-state index contributed by atoms with van der Waals surface area (Å²) in [4.78, 5) is 0. The molecule has 0 aliphatic carbocycles. The van der Waals surface area contributed by atoms with Gasteiger partial charge in [0.1, 0.15) is 17.3 Å². The summed E-state index contributed by atoms with van der Waals surface area (Å²) in [5.74, 6) is 0.827. The zero-order chi connectivity index (χ0) is 14.5. The van der Waals surface area contributed by atoms with Gasteiger partial charge in [-0.15, -0.1) is 0 Å². The van der Waals surface area contributed by atoms with E-state index in [0.717, 1.165) is 5.56 Å². The Hall–Kier alpha value is -2.54. The Labute approximate surface area is 117 Å². The number of methoxy groups -OCH3 is 2. The SMILES string of the molecule is COc1ccc(F)c(-c2ccc(CC#N)c(OC)c2)c1. The van der Waals surface area contributed by atoms with Crippen LogP contribution in [0.2, 0.25) is 0 Å². The van der Waals surface area contributed by atoms with E-state index in [1.54, 1.807) is 30.3 Å². The maximum absolute atomic E-state index is 13.9. The van der Waals surface area contributed by atoms with Gasteiger partial charge in [-0.1, -0.05) is 12.1 Å². The maximum atomic E-state index is 13.9.